The lowest BCUT2D eigenvalue weighted by Gasteiger charge is -2.19. The van der Waals surface area contributed by atoms with Gasteiger partial charge < -0.3 is 4.74 Å². The predicted octanol–water partition coefficient (Wildman–Crippen LogP) is 3.79. The molecule has 0 aliphatic carbocycles. The fourth-order valence-corrected chi connectivity index (χ4v) is 2.12. The van der Waals surface area contributed by atoms with Crippen LogP contribution in [0.5, 0.6) is 0 Å². The van der Waals surface area contributed by atoms with Gasteiger partial charge in [-0.1, -0.05) is 52.9 Å². The highest BCUT2D eigenvalue weighted by Gasteiger charge is 2.12. The van der Waals surface area contributed by atoms with E-state index in [2.05, 4.69) is 20.8 Å². The summed E-state index contributed by atoms with van der Waals surface area (Å²) in [7, 11) is 0. The highest BCUT2D eigenvalue weighted by atomic mass is 16.5. The fourth-order valence-electron chi connectivity index (χ4n) is 2.12. The van der Waals surface area contributed by atoms with Crippen molar-refractivity contribution >= 4 is 6.47 Å². The first-order chi connectivity index (χ1) is 7.24. The minimum absolute atomic E-state index is 0.503. The van der Waals surface area contributed by atoms with E-state index in [1.54, 1.807) is 0 Å². The Labute approximate surface area is 94.4 Å². The van der Waals surface area contributed by atoms with Crippen LogP contribution >= 0.6 is 0 Å². The van der Waals surface area contributed by atoms with E-state index in [-0.39, 0.29) is 0 Å². The molecule has 2 atom stereocenters. The molecular weight excluding hydrogens is 188 g/mol. The molecule has 15 heavy (non-hydrogen) atoms. The number of hydrogen-bond acceptors (Lipinski definition) is 2. The van der Waals surface area contributed by atoms with Crippen molar-refractivity contribution in [1.82, 2.24) is 0 Å². The fraction of sp³-hybridized carbons (Fsp3) is 0.923. The third-order valence-electron chi connectivity index (χ3n) is 2.85. The van der Waals surface area contributed by atoms with Crippen molar-refractivity contribution < 1.29 is 9.53 Å². The van der Waals surface area contributed by atoms with Crippen LogP contribution in [0.3, 0.4) is 0 Å². The SMILES string of the molecule is CCCCC(CCC)CC(C)COC=O. The summed E-state index contributed by atoms with van der Waals surface area (Å²) in [6.07, 6.45) is 7.70. The molecule has 0 saturated heterocycles. The average Bonchev–Trinajstić information content (AvgIpc) is 2.23. The Kier molecular flexibility index (Phi) is 9.65. The lowest BCUT2D eigenvalue weighted by molar-refractivity contribution is -0.129. The topological polar surface area (TPSA) is 26.3 Å². The van der Waals surface area contributed by atoms with Gasteiger partial charge in [0.15, 0.2) is 0 Å². The van der Waals surface area contributed by atoms with Crippen molar-refractivity contribution in [3.63, 3.8) is 0 Å². The quantitative estimate of drug-likeness (QED) is 0.517. The van der Waals surface area contributed by atoms with Crippen LogP contribution in [-0.4, -0.2) is 13.1 Å². The average molecular weight is 214 g/mol. The molecule has 0 spiro atoms. The van der Waals surface area contributed by atoms with Crippen LogP contribution in [0.1, 0.15) is 59.3 Å². The van der Waals surface area contributed by atoms with Crippen molar-refractivity contribution in [3.05, 3.63) is 0 Å². The van der Waals surface area contributed by atoms with E-state index < -0.39 is 0 Å². The summed E-state index contributed by atoms with van der Waals surface area (Å²) >= 11 is 0. The molecule has 2 nitrogen and oxygen atoms in total. The lowest BCUT2D eigenvalue weighted by atomic mass is 9.88. The maximum Gasteiger partial charge on any atom is 0.293 e. The number of rotatable bonds is 10. The van der Waals surface area contributed by atoms with Gasteiger partial charge in [-0.05, 0) is 18.3 Å². The number of unbranched alkanes of at least 4 members (excludes halogenated alkanes) is 1. The number of carbonyl (C=O) groups excluding carboxylic acids is 1. The van der Waals surface area contributed by atoms with E-state index in [1.165, 1.54) is 38.5 Å². The lowest BCUT2D eigenvalue weighted by Crippen LogP contribution is -2.11. The van der Waals surface area contributed by atoms with E-state index in [4.69, 9.17) is 4.74 Å². The van der Waals surface area contributed by atoms with Gasteiger partial charge in [0.25, 0.3) is 6.47 Å². The zero-order valence-electron chi connectivity index (χ0n) is 10.5. The first-order valence-electron chi connectivity index (χ1n) is 6.29. The van der Waals surface area contributed by atoms with Gasteiger partial charge in [-0.25, -0.2) is 0 Å². The first-order valence-corrected chi connectivity index (χ1v) is 6.29. The van der Waals surface area contributed by atoms with Crippen LogP contribution in [-0.2, 0) is 9.53 Å². The van der Waals surface area contributed by atoms with E-state index in [9.17, 15) is 4.79 Å². The molecule has 0 heterocycles. The standard InChI is InChI=1S/C13H26O2/c1-4-6-8-13(7-5-2)9-12(3)10-15-11-14/h11-13H,4-10H2,1-3H3. The zero-order valence-corrected chi connectivity index (χ0v) is 10.5. The molecule has 0 aromatic heterocycles. The van der Waals surface area contributed by atoms with Gasteiger partial charge in [-0.2, -0.15) is 0 Å². The third-order valence-corrected chi connectivity index (χ3v) is 2.85. The Bertz CT molecular complexity index is 145. The Morgan fingerprint density at radius 3 is 2.47 bits per heavy atom. The van der Waals surface area contributed by atoms with Gasteiger partial charge in [-0.3, -0.25) is 4.79 Å². The van der Waals surface area contributed by atoms with Gasteiger partial charge in [0.1, 0.15) is 0 Å². The molecule has 0 rings (SSSR count). The maximum absolute atomic E-state index is 10.1. The van der Waals surface area contributed by atoms with Crippen LogP contribution in [0.15, 0.2) is 0 Å². The predicted molar refractivity (Wildman–Crippen MR) is 63.7 cm³/mol. The van der Waals surface area contributed by atoms with Crippen molar-refractivity contribution in [2.45, 2.75) is 59.3 Å². The first kappa shape index (κ1) is 14.5. The van der Waals surface area contributed by atoms with Gasteiger partial charge in [0.2, 0.25) is 0 Å². The van der Waals surface area contributed by atoms with Gasteiger partial charge >= 0.3 is 0 Å². The Hall–Kier alpha value is -0.530. The largest absolute Gasteiger partial charge is 0.468 e. The van der Waals surface area contributed by atoms with Crippen LogP contribution in [0.4, 0.5) is 0 Å². The second-order valence-electron chi connectivity index (χ2n) is 4.57. The minimum Gasteiger partial charge on any atom is -0.468 e. The molecular formula is C13H26O2. The Morgan fingerprint density at radius 2 is 1.93 bits per heavy atom. The van der Waals surface area contributed by atoms with Crippen molar-refractivity contribution in [2.75, 3.05) is 6.61 Å². The normalized spacial score (nSPS) is 14.6. The van der Waals surface area contributed by atoms with Crippen LogP contribution in [0, 0.1) is 11.8 Å². The summed E-state index contributed by atoms with van der Waals surface area (Å²) in [5.41, 5.74) is 0. The summed E-state index contributed by atoms with van der Waals surface area (Å²) in [5, 5.41) is 0. The van der Waals surface area contributed by atoms with E-state index in [1.807, 2.05) is 0 Å². The van der Waals surface area contributed by atoms with Crippen molar-refractivity contribution in [2.24, 2.45) is 11.8 Å². The van der Waals surface area contributed by atoms with Crippen LogP contribution in [0.2, 0.25) is 0 Å². The monoisotopic (exact) mass is 214 g/mol. The molecule has 0 N–H and O–H groups in total. The smallest absolute Gasteiger partial charge is 0.293 e. The molecule has 0 amide bonds. The molecule has 0 aliphatic rings. The highest BCUT2D eigenvalue weighted by molar-refractivity contribution is 5.36. The Morgan fingerprint density at radius 1 is 1.20 bits per heavy atom. The molecule has 2 heteroatoms. The van der Waals surface area contributed by atoms with E-state index in [0.29, 0.717) is 19.0 Å². The van der Waals surface area contributed by atoms with Gasteiger partial charge in [-0.15, -0.1) is 0 Å². The molecule has 0 radical (unpaired) electrons. The molecule has 0 bridgehead atoms. The zero-order chi connectivity index (χ0) is 11.5. The summed E-state index contributed by atoms with van der Waals surface area (Å²) in [6.45, 7) is 7.78. The molecule has 0 aromatic rings. The molecule has 0 fully saturated rings. The van der Waals surface area contributed by atoms with Crippen molar-refractivity contribution in [1.29, 1.82) is 0 Å². The molecule has 0 aromatic carbocycles. The summed E-state index contributed by atoms with van der Waals surface area (Å²) in [5.74, 6) is 1.32. The number of hydrogen-bond donors (Lipinski definition) is 0. The minimum atomic E-state index is 0.503. The highest BCUT2D eigenvalue weighted by Crippen LogP contribution is 2.23. The summed E-state index contributed by atoms with van der Waals surface area (Å²) in [4.78, 5) is 10.1. The van der Waals surface area contributed by atoms with E-state index >= 15 is 0 Å². The molecule has 0 saturated carbocycles. The maximum atomic E-state index is 10.1. The van der Waals surface area contributed by atoms with Crippen molar-refractivity contribution in [3.8, 4) is 0 Å². The van der Waals surface area contributed by atoms with Crippen LogP contribution < -0.4 is 0 Å². The number of carbonyl (C=O) groups is 1. The second kappa shape index (κ2) is 10.0. The summed E-state index contributed by atoms with van der Waals surface area (Å²) in [6, 6.07) is 0. The molecule has 2 unspecified atom stereocenters. The van der Waals surface area contributed by atoms with Crippen LogP contribution in [0.25, 0.3) is 0 Å². The third kappa shape index (κ3) is 8.46. The number of ether oxygens (including phenoxy) is 1. The Balaban J connectivity index is 3.75. The van der Waals surface area contributed by atoms with E-state index in [0.717, 1.165) is 5.92 Å². The van der Waals surface area contributed by atoms with Gasteiger partial charge in [0, 0.05) is 0 Å². The molecule has 90 valence electrons. The van der Waals surface area contributed by atoms with Gasteiger partial charge in [0.05, 0.1) is 6.61 Å². The summed E-state index contributed by atoms with van der Waals surface area (Å²) < 4.78 is 4.80. The second-order valence-corrected chi connectivity index (χ2v) is 4.57. The molecule has 0 aliphatic heterocycles.